The Labute approximate surface area is 110 Å². The van der Waals surface area contributed by atoms with E-state index in [2.05, 4.69) is 35.4 Å². The molecule has 2 rings (SSSR count). The Morgan fingerprint density at radius 1 is 1.28 bits per heavy atom. The molecule has 0 aliphatic rings. The van der Waals surface area contributed by atoms with Crippen molar-refractivity contribution in [2.45, 2.75) is 27.7 Å². The number of aromatic nitrogens is 1. The van der Waals surface area contributed by atoms with Gasteiger partial charge < -0.3 is 10.3 Å². The fourth-order valence-electron chi connectivity index (χ4n) is 1.47. The lowest BCUT2D eigenvalue weighted by molar-refractivity contribution is -0.116. The van der Waals surface area contributed by atoms with Gasteiger partial charge in [-0.3, -0.25) is 4.79 Å². The van der Waals surface area contributed by atoms with Crippen LogP contribution >= 0.6 is 0 Å². The molecule has 0 fully saturated rings. The number of aromatic amines is 1. The largest absolute Gasteiger partial charge is 0.361 e. The number of nitrogens with one attached hydrogen (secondary N) is 2. The van der Waals surface area contributed by atoms with Crippen molar-refractivity contribution in [2.75, 3.05) is 13.6 Å². The molecule has 3 nitrogen and oxygen atoms in total. The van der Waals surface area contributed by atoms with Crippen molar-refractivity contribution >= 4 is 16.7 Å². The van der Waals surface area contributed by atoms with E-state index >= 15 is 0 Å². The van der Waals surface area contributed by atoms with Gasteiger partial charge in [0, 0.05) is 17.1 Å². The number of hydrogen-bond donors (Lipinski definition) is 2. The van der Waals surface area contributed by atoms with Crippen LogP contribution in [-0.2, 0) is 4.79 Å². The maximum atomic E-state index is 9.98. The number of hydrogen-bond acceptors (Lipinski definition) is 2. The third-order valence-electron chi connectivity index (χ3n) is 2.22. The van der Waals surface area contributed by atoms with Crippen LogP contribution in [0.25, 0.3) is 10.9 Å². The molecule has 1 heterocycles. The number of H-pyrrole nitrogens is 1. The number of carbonyl (C=O) groups is 1. The molecule has 2 N–H and O–H groups in total. The van der Waals surface area contributed by atoms with Gasteiger partial charge >= 0.3 is 0 Å². The summed E-state index contributed by atoms with van der Waals surface area (Å²) in [7, 11) is 1.75. The summed E-state index contributed by atoms with van der Waals surface area (Å²) < 4.78 is 0. The van der Waals surface area contributed by atoms with E-state index in [-0.39, 0.29) is 5.78 Å². The zero-order valence-electron chi connectivity index (χ0n) is 12.0. The molecule has 1 aromatic carbocycles. The number of para-hydroxylation sites is 1. The molecule has 0 saturated carbocycles. The lowest BCUT2D eigenvalue weighted by atomic mass is 10.2. The molecule has 0 unspecified atom stereocenters. The van der Waals surface area contributed by atoms with Crippen LogP contribution in [0, 0.1) is 6.92 Å². The number of aryl methyl sites for hydroxylation is 1. The highest BCUT2D eigenvalue weighted by Gasteiger charge is 1.94. The van der Waals surface area contributed by atoms with Gasteiger partial charge in [-0.1, -0.05) is 32.0 Å². The number of Topliss-reactive ketones (excluding diaryl/α,β-unsaturated/α-hetero) is 1. The first-order chi connectivity index (χ1) is 8.65. The zero-order chi connectivity index (χ0) is 14.0. The maximum Gasteiger partial charge on any atom is 0.143 e. The van der Waals surface area contributed by atoms with E-state index < -0.39 is 0 Å². The molecule has 0 amide bonds. The smallest absolute Gasteiger partial charge is 0.143 e. The fraction of sp³-hybridized carbons (Fsp3) is 0.400. The molecule has 0 atom stereocenters. The monoisotopic (exact) mass is 248 g/mol. The van der Waals surface area contributed by atoms with Crippen molar-refractivity contribution < 1.29 is 4.79 Å². The average molecular weight is 248 g/mol. The van der Waals surface area contributed by atoms with E-state index in [1.54, 1.807) is 14.0 Å². The summed E-state index contributed by atoms with van der Waals surface area (Å²) in [6.45, 7) is 8.15. The Morgan fingerprint density at radius 3 is 2.33 bits per heavy atom. The Bertz CT molecular complexity index is 460. The van der Waals surface area contributed by atoms with Gasteiger partial charge in [0.05, 0.1) is 6.54 Å². The summed E-state index contributed by atoms with van der Waals surface area (Å²) in [5, 5.41) is 4.04. The third kappa shape index (κ3) is 5.64. The maximum absolute atomic E-state index is 9.98. The predicted molar refractivity (Wildman–Crippen MR) is 79.0 cm³/mol. The van der Waals surface area contributed by atoms with Gasteiger partial charge in [0.2, 0.25) is 0 Å². The summed E-state index contributed by atoms with van der Waals surface area (Å²) in [5.41, 5.74) is 2.54. The Hall–Kier alpha value is -1.61. The second-order valence-corrected chi connectivity index (χ2v) is 3.75. The van der Waals surface area contributed by atoms with Crippen LogP contribution in [0.15, 0.2) is 30.5 Å². The quantitative estimate of drug-likeness (QED) is 0.856. The highest BCUT2D eigenvalue weighted by Crippen LogP contribution is 2.15. The summed E-state index contributed by atoms with van der Waals surface area (Å²) >= 11 is 0. The number of rotatable bonds is 2. The molecule has 100 valence electrons. The van der Waals surface area contributed by atoms with E-state index in [1.165, 1.54) is 16.5 Å². The lowest BCUT2D eigenvalue weighted by Crippen LogP contribution is -2.14. The number of benzene rings is 1. The standard InChI is InChI=1S/C9H9N.C4H9NO.C2H6/c1-7-6-10-9-5-3-2-4-8(7)9;1-4(6)3-5-2;1-2/h2-6,10H,1H3;5H,3H2,1-2H3;1-2H3. The van der Waals surface area contributed by atoms with Crippen LogP contribution in [0.2, 0.25) is 0 Å². The average Bonchev–Trinajstić information content (AvgIpc) is 2.75. The molecular formula is C15H24N2O. The summed E-state index contributed by atoms with van der Waals surface area (Å²) in [4.78, 5) is 13.2. The SMILES string of the molecule is CC.CNCC(C)=O.Cc1c[nH]c2ccccc12. The van der Waals surface area contributed by atoms with Gasteiger partial charge in [0.15, 0.2) is 0 Å². The molecule has 0 radical (unpaired) electrons. The Morgan fingerprint density at radius 2 is 1.89 bits per heavy atom. The van der Waals surface area contributed by atoms with E-state index in [0.717, 1.165) is 0 Å². The minimum absolute atomic E-state index is 0.178. The number of ketones is 1. The third-order valence-corrected chi connectivity index (χ3v) is 2.22. The van der Waals surface area contributed by atoms with Crippen molar-refractivity contribution in [3.05, 3.63) is 36.0 Å². The Kier molecular flexibility index (Phi) is 8.58. The molecule has 0 aliphatic carbocycles. The van der Waals surface area contributed by atoms with Gasteiger partial charge in [-0.2, -0.15) is 0 Å². The molecule has 3 heteroatoms. The fourth-order valence-corrected chi connectivity index (χ4v) is 1.47. The van der Waals surface area contributed by atoms with E-state index in [0.29, 0.717) is 6.54 Å². The van der Waals surface area contributed by atoms with Crippen molar-refractivity contribution in [2.24, 2.45) is 0 Å². The second kappa shape index (κ2) is 9.42. The van der Waals surface area contributed by atoms with Gasteiger partial charge in [-0.25, -0.2) is 0 Å². The molecule has 2 aromatic rings. The van der Waals surface area contributed by atoms with Crippen LogP contribution in [0.1, 0.15) is 26.3 Å². The van der Waals surface area contributed by atoms with Crippen LogP contribution in [0.3, 0.4) is 0 Å². The normalized spacial score (nSPS) is 8.94. The second-order valence-electron chi connectivity index (χ2n) is 3.75. The van der Waals surface area contributed by atoms with Crippen molar-refractivity contribution in [1.82, 2.24) is 10.3 Å². The van der Waals surface area contributed by atoms with Crippen LogP contribution in [-0.4, -0.2) is 24.4 Å². The minimum Gasteiger partial charge on any atom is -0.361 e. The molecule has 0 aliphatic heterocycles. The summed E-state index contributed by atoms with van der Waals surface area (Å²) in [6, 6.07) is 8.31. The molecular weight excluding hydrogens is 224 g/mol. The first kappa shape index (κ1) is 16.4. The van der Waals surface area contributed by atoms with Gasteiger partial charge in [0.25, 0.3) is 0 Å². The highest BCUT2D eigenvalue weighted by atomic mass is 16.1. The topological polar surface area (TPSA) is 44.9 Å². The summed E-state index contributed by atoms with van der Waals surface area (Å²) in [6.07, 6.45) is 2.03. The van der Waals surface area contributed by atoms with Crippen molar-refractivity contribution in [3.63, 3.8) is 0 Å². The molecule has 18 heavy (non-hydrogen) atoms. The predicted octanol–water partition coefficient (Wildman–Crippen LogP) is 3.30. The van der Waals surface area contributed by atoms with Gasteiger partial charge in [-0.15, -0.1) is 0 Å². The molecule has 1 aromatic heterocycles. The molecule has 0 bridgehead atoms. The van der Waals surface area contributed by atoms with Crippen LogP contribution < -0.4 is 5.32 Å². The van der Waals surface area contributed by atoms with E-state index in [4.69, 9.17) is 0 Å². The molecule has 0 saturated heterocycles. The Balaban J connectivity index is 0.000000315. The van der Waals surface area contributed by atoms with E-state index in [1.807, 2.05) is 26.1 Å². The van der Waals surface area contributed by atoms with Gasteiger partial charge in [-0.05, 0) is 32.5 Å². The van der Waals surface area contributed by atoms with Gasteiger partial charge in [0.1, 0.15) is 5.78 Å². The number of likely N-dealkylation sites (N-methyl/N-ethyl adjacent to an activating group) is 1. The lowest BCUT2D eigenvalue weighted by Gasteiger charge is -1.86. The first-order valence-corrected chi connectivity index (χ1v) is 6.32. The van der Waals surface area contributed by atoms with Crippen LogP contribution in [0.4, 0.5) is 0 Å². The number of fused-ring (bicyclic) bond motifs is 1. The minimum atomic E-state index is 0.178. The summed E-state index contributed by atoms with van der Waals surface area (Å²) in [5.74, 6) is 0.178. The zero-order valence-corrected chi connectivity index (χ0v) is 12.0. The van der Waals surface area contributed by atoms with E-state index in [9.17, 15) is 4.79 Å². The number of carbonyl (C=O) groups excluding carboxylic acids is 1. The van der Waals surface area contributed by atoms with Crippen molar-refractivity contribution in [1.29, 1.82) is 0 Å². The first-order valence-electron chi connectivity index (χ1n) is 6.32. The van der Waals surface area contributed by atoms with Crippen molar-refractivity contribution in [3.8, 4) is 0 Å². The van der Waals surface area contributed by atoms with Crippen LogP contribution in [0.5, 0.6) is 0 Å². The highest BCUT2D eigenvalue weighted by molar-refractivity contribution is 5.82. The molecule has 0 spiro atoms.